The van der Waals surface area contributed by atoms with Gasteiger partial charge in [0.15, 0.2) is 23.3 Å². The molecule has 2 aliphatic carbocycles. The van der Waals surface area contributed by atoms with Crippen molar-refractivity contribution >= 4 is 6.09 Å². The molecule has 35 heavy (non-hydrogen) atoms. The lowest BCUT2D eigenvalue weighted by atomic mass is 9.91. The van der Waals surface area contributed by atoms with E-state index in [1.54, 1.807) is 0 Å². The molecule has 200 valence electrons. The topological polar surface area (TPSA) is 42.0 Å². The molecule has 0 radical (unpaired) electrons. The predicted octanol–water partition coefficient (Wildman–Crippen LogP) is 6.47. The molecule has 1 amide bonds. The van der Waals surface area contributed by atoms with Crippen LogP contribution in [0.5, 0.6) is 0 Å². The van der Waals surface area contributed by atoms with Crippen LogP contribution in [0.2, 0.25) is 0 Å². The molecule has 0 heterocycles. The van der Waals surface area contributed by atoms with Crippen molar-refractivity contribution in [3.63, 3.8) is 0 Å². The highest BCUT2D eigenvalue weighted by Crippen LogP contribution is 2.44. The third kappa shape index (κ3) is 7.52. The van der Waals surface area contributed by atoms with Gasteiger partial charge in [-0.1, -0.05) is 18.9 Å². The largest absolute Gasteiger partial charge is 0.432 e. The molecule has 0 aliphatic heterocycles. The van der Waals surface area contributed by atoms with Crippen molar-refractivity contribution in [3.05, 3.63) is 36.0 Å². The minimum absolute atomic E-state index is 0.0668. The van der Waals surface area contributed by atoms with Crippen molar-refractivity contribution in [2.24, 2.45) is 0 Å². The van der Waals surface area contributed by atoms with Gasteiger partial charge in [0, 0.05) is 26.2 Å². The molecule has 0 saturated heterocycles. The van der Waals surface area contributed by atoms with Gasteiger partial charge in [-0.15, -0.1) is 6.58 Å². The summed E-state index contributed by atoms with van der Waals surface area (Å²) in [7, 11) is 3.46. The monoisotopic (exact) mass is 508 g/mol. The third-order valence-electron chi connectivity index (χ3n) is 6.74. The predicted molar refractivity (Wildman–Crippen MR) is 124 cm³/mol. The lowest BCUT2D eigenvalue weighted by Gasteiger charge is -2.38. The Morgan fingerprint density at radius 1 is 1.06 bits per heavy atom. The number of allylic oxidation sites excluding steroid dienone is 2. The number of nitrogens with zero attached hydrogens (tertiary/aromatic N) is 2. The van der Waals surface area contributed by atoms with Crippen LogP contribution in [0, 0.1) is 0 Å². The van der Waals surface area contributed by atoms with Crippen LogP contribution in [0.4, 0.5) is 26.7 Å². The zero-order valence-corrected chi connectivity index (χ0v) is 20.8. The number of carbonyl (C=O) groups is 1. The zero-order chi connectivity index (χ0) is 26.2. The Morgan fingerprint density at radius 3 is 2.31 bits per heavy atom. The second-order valence-electron chi connectivity index (χ2n) is 9.50. The maximum absolute atomic E-state index is 14.3. The number of carbonyl (C=O) groups excluding carboxylic acids is 1. The molecule has 2 aliphatic rings. The standard InChI is InChI=1S/C25H37F5N2O3/c1-5-14-31(3)15-8-6-7-9-16-34-18-12-10-17(11-13-18)32(4)24(33)35-25(2)22(29)20(27)19(26)21(28)23(25)30/h5,17-18,22H,1,6-16H2,2-4H3. The lowest BCUT2D eigenvalue weighted by Crippen LogP contribution is -2.49. The van der Waals surface area contributed by atoms with Gasteiger partial charge in [-0.05, 0) is 59.0 Å². The average molecular weight is 509 g/mol. The molecule has 0 N–H and O–H groups in total. The SMILES string of the molecule is C=CCN(C)CCCCCCOC1CCC(N(C)C(=O)OC2(C)C(F)=C(F)C(F)=C(F)C2F)CC1. The number of likely N-dealkylation sites (N-methyl/N-ethyl adjacent to an activating group) is 1. The van der Waals surface area contributed by atoms with E-state index in [0.717, 1.165) is 43.7 Å². The molecule has 2 rings (SSSR count). The van der Waals surface area contributed by atoms with Gasteiger partial charge in [-0.3, -0.25) is 0 Å². The minimum Gasteiger partial charge on any atom is -0.432 e. The lowest BCUT2D eigenvalue weighted by molar-refractivity contribution is -0.0450. The van der Waals surface area contributed by atoms with E-state index in [-0.39, 0.29) is 12.1 Å². The summed E-state index contributed by atoms with van der Waals surface area (Å²) < 4.78 is 79.8. The third-order valence-corrected chi connectivity index (χ3v) is 6.74. The van der Waals surface area contributed by atoms with Crippen LogP contribution in [-0.4, -0.2) is 73.6 Å². The number of hydrogen-bond acceptors (Lipinski definition) is 4. The van der Waals surface area contributed by atoms with Crippen molar-refractivity contribution in [1.29, 1.82) is 0 Å². The number of hydrogen-bond donors (Lipinski definition) is 0. The van der Waals surface area contributed by atoms with Crippen LogP contribution in [-0.2, 0) is 9.47 Å². The molecule has 2 atom stereocenters. The first kappa shape index (κ1) is 29.3. The molecule has 10 heteroatoms. The van der Waals surface area contributed by atoms with Crippen LogP contribution >= 0.6 is 0 Å². The molecule has 0 aromatic carbocycles. The average Bonchev–Trinajstić information content (AvgIpc) is 2.85. The Bertz CT molecular complexity index is 798. The van der Waals surface area contributed by atoms with Crippen molar-refractivity contribution in [2.45, 2.75) is 82.2 Å². The first-order valence-electron chi connectivity index (χ1n) is 12.1. The summed E-state index contributed by atoms with van der Waals surface area (Å²) in [6.07, 6.45) is 4.71. The van der Waals surface area contributed by atoms with Gasteiger partial charge in [0.2, 0.25) is 11.8 Å². The Kier molecular flexibility index (Phi) is 11.2. The van der Waals surface area contributed by atoms with Gasteiger partial charge >= 0.3 is 6.09 Å². The molecule has 0 spiro atoms. The Labute approximate surface area is 204 Å². The van der Waals surface area contributed by atoms with E-state index in [1.165, 1.54) is 7.05 Å². The van der Waals surface area contributed by atoms with Crippen molar-refractivity contribution < 1.29 is 36.2 Å². The molecular weight excluding hydrogens is 471 g/mol. The van der Waals surface area contributed by atoms with E-state index >= 15 is 0 Å². The van der Waals surface area contributed by atoms with Gasteiger partial charge in [0.25, 0.3) is 0 Å². The molecular formula is C25H37F5N2O3. The van der Waals surface area contributed by atoms with Gasteiger partial charge in [-0.2, -0.15) is 0 Å². The van der Waals surface area contributed by atoms with Gasteiger partial charge in [-0.25, -0.2) is 26.7 Å². The summed E-state index contributed by atoms with van der Waals surface area (Å²) in [4.78, 5) is 15.9. The second kappa shape index (κ2) is 13.4. The van der Waals surface area contributed by atoms with Crippen LogP contribution < -0.4 is 0 Å². The summed E-state index contributed by atoms with van der Waals surface area (Å²) in [5.74, 6) is -8.59. The van der Waals surface area contributed by atoms with Crippen LogP contribution in [0.3, 0.4) is 0 Å². The van der Waals surface area contributed by atoms with Crippen molar-refractivity contribution in [1.82, 2.24) is 9.80 Å². The smallest absolute Gasteiger partial charge is 0.410 e. The van der Waals surface area contributed by atoms with Crippen molar-refractivity contribution in [2.75, 3.05) is 33.8 Å². The molecule has 0 bridgehead atoms. The summed E-state index contributed by atoms with van der Waals surface area (Å²) >= 11 is 0. The van der Waals surface area contributed by atoms with Crippen LogP contribution in [0.1, 0.15) is 58.3 Å². The fourth-order valence-electron chi connectivity index (χ4n) is 4.38. The van der Waals surface area contributed by atoms with Crippen molar-refractivity contribution in [3.8, 4) is 0 Å². The van der Waals surface area contributed by atoms with E-state index in [4.69, 9.17) is 9.47 Å². The number of amides is 1. The quantitative estimate of drug-likeness (QED) is 0.172. The minimum atomic E-state index is -2.99. The normalized spacial score (nSPS) is 27.4. The first-order valence-corrected chi connectivity index (χ1v) is 12.1. The number of rotatable bonds is 12. The number of halogens is 5. The summed E-state index contributed by atoms with van der Waals surface area (Å²) in [6.45, 7) is 6.99. The Balaban J connectivity index is 1.72. The highest BCUT2D eigenvalue weighted by atomic mass is 19.2. The Morgan fingerprint density at radius 2 is 1.69 bits per heavy atom. The Hall–Kier alpha value is -1.94. The zero-order valence-electron chi connectivity index (χ0n) is 20.8. The summed E-state index contributed by atoms with van der Waals surface area (Å²) in [5.41, 5.74) is -2.92. The van der Waals surface area contributed by atoms with E-state index in [2.05, 4.69) is 18.5 Å². The van der Waals surface area contributed by atoms with E-state index in [0.29, 0.717) is 39.2 Å². The highest BCUT2D eigenvalue weighted by Gasteiger charge is 2.53. The van der Waals surface area contributed by atoms with E-state index in [9.17, 15) is 26.7 Å². The fraction of sp³-hybridized carbons (Fsp3) is 0.720. The highest BCUT2D eigenvalue weighted by molar-refractivity contribution is 5.69. The number of unbranched alkanes of at least 4 members (excludes halogenated alkanes) is 3. The first-order chi connectivity index (χ1) is 16.5. The van der Waals surface area contributed by atoms with E-state index < -0.39 is 41.2 Å². The van der Waals surface area contributed by atoms with Gasteiger partial charge in [0.1, 0.15) is 0 Å². The van der Waals surface area contributed by atoms with E-state index in [1.807, 2.05) is 6.08 Å². The molecule has 1 saturated carbocycles. The molecule has 5 nitrogen and oxygen atoms in total. The summed E-state index contributed by atoms with van der Waals surface area (Å²) in [5, 5.41) is 0. The maximum Gasteiger partial charge on any atom is 0.410 e. The van der Waals surface area contributed by atoms with Crippen LogP contribution in [0.25, 0.3) is 0 Å². The summed E-state index contributed by atoms with van der Waals surface area (Å²) in [6, 6.07) is -0.283. The molecule has 0 aromatic heterocycles. The van der Waals surface area contributed by atoms with Gasteiger partial charge < -0.3 is 19.3 Å². The molecule has 2 unspecified atom stereocenters. The second-order valence-corrected chi connectivity index (χ2v) is 9.50. The van der Waals surface area contributed by atoms with Crippen LogP contribution in [0.15, 0.2) is 36.0 Å². The maximum atomic E-state index is 14.3. The molecule has 1 fully saturated rings. The fourth-order valence-corrected chi connectivity index (χ4v) is 4.38. The number of ether oxygens (including phenoxy) is 2. The van der Waals surface area contributed by atoms with Gasteiger partial charge in [0.05, 0.1) is 6.10 Å². The molecule has 0 aromatic rings. The number of alkyl halides is 1.